The lowest BCUT2D eigenvalue weighted by atomic mass is 9.96. The topological polar surface area (TPSA) is 26.0 Å². The zero-order chi connectivity index (χ0) is 11.4. The van der Waals surface area contributed by atoms with Crippen LogP contribution in [0.2, 0.25) is 0 Å². The minimum atomic E-state index is 0.396. The fourth-order valence-electron chi connectivity index (χ4n) is 1.53. The summed E-state index contributed by atoms with van der Waals surface area (Å²) in [7, 11) is 0. The molecule has 1 aromatic rings. The lowest BCUT2D eigenvalue weighted by Gasteiger charge is -2.11. The van der Waals surface area contributed by atoms with Gasteiger partial charge in [-0.25, -0.2) is 0 Å². The quantitative estimate of drug-likeness (QED) is 0.798. The Morgan fingerprint density at radius 1 is 1.27 bits per heavy atom. The number of rotatable bonds is 3. The highest BCUT2D eigenvalue weighted by atomic mass is 14.6. The van der Waals surface area contributed by atoms with E-state index in [1.54, 1.807) is 0 Å². The molecule has 1 heteroatoms. The summed E-state index contributed by atoms with van der Waals surface area (Å²) in [6.07, 6.45) is 2.15. The predicted octanol–water partition coefficient (Wildman–Crippen LogP) is 3.60. The summed E-state index contributed by atoms with van der Waals surface area (Å²) in [6, 6.07) is 8.59. The van der Waals surface area contributed by atoms with Crippen LogP contribution in [0.5, 0.6) is 0 Å². The summed E-state index contributed by atoms with van der Waals surface area (Å²) in [5.41, 5.74) is 9.56. The molecule has 0 aliphatic heterocycles. The molecule has 0 saturated carbocycles. The molecule has 0 aliphatic carbocycles. The molecular formula is C14H21N. The minimum absolute atomic E-state index is 0.396. The van der Waals surface area contributed by atoms with Gasteiger partial charge in [0.2, 0.25) is 0 Å². The van der Waals surface area contributed by atoms with E-state index in [4.69, 9.17) is 5.73 Å². The largest absolute Gasteiger partial charge is 0.402 e. The monoisotopic (exact) mass is 203 g/mol. The van der Waals surface area contributed by atoms with Gasteiger partial charge in [0.1, 0.15) is 0 Å². The van der Waals surface area contributed by atoms with Crippen molar-refractivity contribution in [1.29, 1.82) is 0 Å². The van der Waals surface area contributed by atoms with Crippen molar-refractivity contribution in [3.05, 3.63) is 47.2 Å². The smallest absolute Gasteiger partial charge is 0.00720 e. The summed E-state index contributed by atoms with van der Waals surface area (Å²) in [6.45, 7) is 8.54. The van der Waals surface area contributed by atoms with Crippen LogP contribution >= 0.6 is 0 Å². The van der Waals surface area contributed by atoms with Crippen LogP contribution in [0.3, 0.4) is 0 Å². The Morgan fingerprint density at radius 2 is 1.93 bits per heavy atom. The molecule has 0 aromatic heterocycles. The third-order valence-corrected chi connectivity index (χ3v) is 2.68. The van der Waals surface area contributed by atoms with Gasteiger partial charge in [0, 0.05) is 11.6 Å². The van der Waals surface area contributed by atoms with Crippen LogP contribution < -0.4 is 5.73 Å². The number of benzene rings is 1. The molecule has 82 valence electrons. The highest BCUT2D eigenvalue weighted by Gasteiger charge is 2.04. The second-order valence-corrected chi connectivity index (χ2v) is 4.52. The van der Waals surface area contributed by atoms with E-state index in [0.29, 0.717) is 11.8 Å². The first-order chi connectivity index (χ1) is 7.00. The van der Waals surface area contributed by atoms with Gasteiger partial charge in [-0.3, -0.25) is 0 Å². The molecule has 1 aromatic carbocycles. The van der Waals surface area contributed by atoms with Crippen molar-refractivity contribution in [1.82, 2.24) is 0 Å². The second-order valence-electron chi connectivity index (χ2n) is 4.52. The van der Waals surface area contributed by atoms with E-state index in [2.05, 4.69) is 58.0 Å². The highest BCUT2D eigenvalue weighted by molar-refractivity contribution is 5.28. The summed E-state index contributed by atoms with van der Waals surface area (Å²) >= 11 is 0. The maximum absolute atomic E-state index is 5.95. The fraction of sp³-hybridized carbons (Fsp3) is 0.429. The molecule has 2 N–H and O–H groups in total. The second kappa shape index (κ2) is 5.01. The van der Waals surface area contributed by atoms with E-state index in [0.717, 1.165) is 5.70 Å². The molecule has 0 amide bonds. The van der Waals surface area contributed by atoms with E-state index in [1.807, 2.05) is 0 Å². The summed E-state index contributed by atoms with van der Waals surface area (Å²) in [4.78, 5) is 0. The summed E-state index contributed by atoms with van der Waals surface area (Å²) < 4.78 is 0. The minimum Gasteiger partial charge on any atom is -0.402 e. The maximum Gasteiger partial charge on any atom is 0.00720 e. The van der Waals surface area contributed by atoms with E-state index < -0.39 is 0 Å². The molecule has 0 aliphatic rings. The summed E-state index contributed by atoms with van der Waals surface area (Å²) in [5, 5.41) is 0. The van der Waals surface area contributed by atoms with Gasteiger partial charge in [-0.2, -0.15) is 0 Å². The highest BCUT2D eigenvalue weighted by Crippen LogP contribution is 2.19. The van der Waals surface area contributed by atoms with Crippen LogP contribution in [0.25, 0.3) is 0 Å². The zero-order valence-corrected chi connectivity index (χ0v) is 10.1. The van der Waals surface area contributed by atoms with Crippen LogP contribution in [0.1, 0.15) is 37.8 Å². The van der Waals surface area contributed by atoms with Crippen molar-refractivity contribution in [3.8, 4) is 0 Å². The number of aryl methyl sites for hydroxylation is 1. The number of hydrogen-bond acceptors (Lipinski definition) is 1. The van der Waals surface area contributed by atoms with Gasteiger partial charge in [0.25, 0.3) is 0 Å². The lowest BCUT2D eigenvalue weighted by molar-refractivity contribution is 0.741. The lowest BCUT2D eigenvalue weighted by Crippen LogP contribution is -2.06. The number of nitrogens with two attached hydrogens (primary N) is 1. The Kier molecular flexibility index (Phi) is 3.96. The van der Waals surface area contributed by atoms with Crippen LogP contribution in [0.15, 0.2) is 36.0 Å². The SMILES string of the molecule is Cc1cccc(C(C)/C=C(\N)C(C)C)c1. The maximum atomic E-state index is 5.95. The Labute approximate surface area is 93.0 Å². The van der Waals surface area contributed by atoms with Crippen molar-refractivity contribution in [2.75, 3.05) is 0 Å². The molecule has 1 atom stereocenters. The normalized spacial score (nSPS) is 14.3. The van der Waals surface area contributed by atoms with Crippen LogP contribution in [0.4, 0.5) is 0 Å². The van der Waals surface area contributed by atoms with Gasteiger partial charge in [0.15, 0.2) is 0 Å². The molecule has 0 saturated heterocycles. The zero-order valence-electron chi connectivity index (χ0n) is 10.1. The van der Waals surface area contributed by atoms with Crippen molar-refractivity contribution in [3.63, 3.8) is 0 Å². The molecule has 0 radical (unpaired) electrons. The molecular weight excluding hydrogens is 182 g/mol. The van der Waals surface area contributed by atoms with Crippen LogP contribution in [-0.2, 0) is 0 Å². The average molecular weight is 203 g/mol. The molecule has 1 rings (SSSR count). The Balaban J connectivity index is 2.86. The first-order valence-electron chi connectivity index (χ1n) is 5.54. The molecule has 1 unspecified atom stereocenters. The third kappa shape index (κ3) is 3.43. The van der Waals surface area contributed by atoms with Crippen molar-refractivity contribution >= 4 is 0 Å². The Bertz CT molecular complexity index is 350. The Morgan fingerprint density at radius 3 is 2.47 bits per heavy atom. The van der Waals surface area contributed by atoms with Gasteiger partial charge in [0.05, 0.1) is 0 Å². The van der Waals surface area contributed by atoms with Gasteiger partial charge >= 0.3 is 0 Å². The molecule has 0 heterocycles. The van der Waals surface area contributed by atoms with E-state index in [1.165, 1.54) is 11.1 Å². The number of hydrogen-bond donors (Lipinski definition) is 1. The van der Waals surface area contributed by atoms with Crippen LogP contribution in [0, 0.1) is 12.8 Å². The van der Waals surface area contributed by atoms with Gasteiger partial charge in [-0.15, -0.1) is 0 Å². The van der Waals surface area contributed by atoms with Gasteiger partial charge in [-0.1, -0.05) is 56.7 Å². The molecule has 0 fully saturated rings. The van der Waals surface area contributed by atoms with Crippen molar-refractivity contribution in [2.45, 2.75) is 33.6 Å². The first kappa shape index (κ1) is 11.8. The predicted molar refractivity (Wildman–Crippen MR) is 66.7 cm³/mol. The van der Waals surface area contributed by atoms with Crippen LogP contribution in [-0.4, -0.2) is 0 Å². The van der Waals surface area contributed by atoms with E-state index in [9.17, 15) is 0 Å². The standard InChI is InChI=1S/C14H21N/c1-10(2)14(15)9-12(4)13-7-5-6-11(3)8-13/h5-10,12H,15H2,1-4H3/b14-9-. The number of allylic oxidation sites excluding steroid dienone is 2. The Hall–Kier alpha value is -1.24. The first-order valence-corrected chi connectivity index (χ1v) is 5.54. The van der Waals surface area contributed by atoms with E-state index in [-0.39, 0.29) is 0 Å². The summed E-state index contributed by atoms with van der Waals surface area (Å²) in [5.74, 6) is 0.824. The molecule has 1 nitrogen and oxygen atoms in total. The molecule has 15 heavy (non-hydrogen) atoms. The average Bonchev–Trinajstić information content (AvgIpc) is 2.17. The fourth-order valence-corrected chi connectivity index (χ4v) is 1.53. The van der Waals surface area contributed by atoms with Crippen molar-refractivity contribution in [2.24, 2.45) is 11.7 Å². The molecule has 0 bridgehead atoms. The van der Waals surface area contributed by atoms with Gasteiger partial charge < -0.3 is 5.73 Å². The van der Waals surface area contributed by atoms with E-state index >= 15 is 0 Å². The van der Waals surface area contributed by atoms with Crippen molar-refractivity contribution < 1.29 is 0 Å². The molecule has 0 spiro atoms. The third-order valence-electron chi connectivity index (χ3n) is 2.68. The van der Waals surface area contributed by atoms with Gasteiger partial charge in [-0.05, 0) is 18.4 Å².